The molecular formula is C13H14O5. The minimum atomic E-state index is -1.04. The molecule has 0 aliphatic heterocycles. The summed E-state index contributed by atoms with van der Waals surface area (Å²) in [5.41, 5.74) is 0.850. The fourth-order valence-electron chi connectivity index (χ4n) is 1.36. The monoisotopic (exact) mass is 250 g/mol. The standard InChI is InChI=1S/C13H14O5/c1-17-11-8-9(4-3-5-12(14)18-2)6-7-10(11)13(15)16/h3-4,6-8H,5H2,1-2H3,(H,15,16). The zero-order chi connectivity index (χ0) is 13.5. The fourth-order valence-corrected chi connectivity index (χ4v) is 1.36. The van der Waals surface area contributed by atoms with Gasteiger partial charge in [0.1, 0.15) is 11.3 Å². The van der Waals surface area contributed by atoms with E-state index in [9.17, 15) is 9.59 Å². The van der Waals surface area contributed by atoms with Gasteiger partial charge in [-0.1, -0.05) is 18.2 Å². The molecular weight excluding hydrogens is 236 g/mol. The molecule has 96 valence electrons. The Kier molecular flexibility index (Phi) is 4.92. The van der Waals surface area contributed by atoms with E-state index >= 15 is 0 Å². The molecule has 1 aromatic carbocycles. The van der Waals surface area contributed by atoms with Crippen LogP contribution in [0.15, 0.2) is 24.3 Å². The lowest BCUT2D eigenvalue weighted by atomic mass is 10.1. The van der Waals surface area contributed by atoms with E-state index in [0.29, 0.717) is 0 Å². The van der Waals surface area contributed by atoms with Crippen LogP contribution < -0.4 is 4.74 Å². The van der Waals surface area contributed by atoms with Crippen LogP contribution in [-0.4, -0.2) is 31.3 Å². The predicted molar refractivity (Wildman–Crippen MR) is 65.6 cm³/mol. The molecule has 0 radical (unpaired) electrons. The molecule has 5 nitrogen and oxygen atoms in total. The van der Waals surface area contributed by atoms with Gasteiger partial charge in [-0.05, 0) is 17.7 Å². The average Bonchev–Trinajstić information content (AvgIpc) is 2.37. The predicted octanol–water partition coefficient (Wildman–Crippen LogP) is 1.97. The fraction of sp³-hybridized carbons (Fsp3) is 0.231. The molecule has 0 spiro atoms. The summed E-state index contributed by atoms with van der Waals surface area (Å²) in [7, 11) is 2.73. The van der Waals surface area contributed by atoms with Crippen molar-refractivity contribution in [3.8, 4) is 5.75 Å². The number of carboxylic acid groups (broad SMARTS) is 1. The summed E-state index contributed by atoms with van der Waals surface area (Å²) < 4.78 is 9.48. The Bertz CT molecular complexity index is 476. The van der Waals surface area contributed by atoms with E-state index < -0.39 is 5.97 Å². The quantitative estimate of drug-likeness (QED) is 0.809. The normalized spacial score (nSPS) is 10.3. The summed E-state index contributed by atoms with van der Waals surface area (Å²) in [4.78, 5) is 21.8. The molecule has 0 amide bonds. The van der Waals surface area contributed by atoms with E-state index in [-0.39, 0.29) is 23.7 Å². The van der Waals surface area contributed by atoms with Crippen molar-refractivity contribution < 1.29 is 24.2 Å². The number of benzene rings is 1. The second kappa shape index (κ2) is 6.44. The van der Waals surface area contributed by atoms with Gasteiger partial charge in [-0.3, -0.25) is 4.79 Å². The second-order valence-corrected chi connectivity index (χ2v) is 3.45. The molecule has 0 heterocycles. The Balaban J connectivity index is 2.86. The zero-order valence-electron chi connectivity index (χ0n) is 10.2. The highest BCUT2D eigenvalue weighted by molar-refractivity contribution is 5.91. The van der Waals surface area contributed by atoms with Gasteiger partial charge in [-0.15, -0.1) is 0 Å². The third kappa shape index (κ3) is 3.62. The molecule has 0 aromatic heterocycles. The van der Waals surface area contributed by atoms with Gasteiger partial charge in [-0.25, -0.2) is 4.79 Å². The summed E-state index contributed by atoms with van der Waals surface area (Å²) >= 11 is 0. The number of carboxylic acids is 1. The molecule has 5 heteroatoms. The van der Waals surface area contributed by atoms with Crippen molar-refractivity contribution in [3.63, 3.8) is 0 Å². The van der Waals surface area contributed by atoms with Gasteiger partial charge >= 0.3 is 11.9 Å². The van der Waals surface area contributed by atoms with Crippen LogP contribution in [0.2, 0.25) is 0 Å². The van der Waals surface area contributed by atoms with Gasteiger partial charge in [0.15, 0.2) is 0 Å². The minimum Gasteiger partial charge on any atom is -0.496 e. The molecule has 1 rings (SSSR count). The summed E-state index contributed by atoms with van der Waals surface area (Å²) in [6, 6.07) is 4.69. The lowest BCUT2D eigenvalue weighted by Crippen LogP contribution is -2.00. The van der Waals surface area contributed by atoms with E-state index in [1.807, 2.05) is 0 Å². The first-order valence-corrected chi connectivity index (χ1v) is 5.23. The number of carbonyl (C=O) groups excluding carboxylic acids is 1. The zero-order valence-corrected chi connectivity index (χ0v) is 10.2. The number of hydrogen-bond donors (Lipinski definition) is 1. The highest BCUT2D eigenvalue weighted by Gasteiger charge is 2.10. The SMILES string of the molecule is COC(=O)CC=Cc1ccc(C(=O)O)c(OC)c1. The van der Waals surface area contributed by atoms with Gasteiger partial charge in [0.2, 0.25) is 0 Å². The molecule has 0 saturated heterocycles. The summed E-state index contributed by atoms with van der Waals surface area (Å²) in [6.45, 7) is 0. The van der Waals surface area contributed by atoms with Crippen molar-refractivity contribution in [2.45, 2.75) is 6.42 Å². The van der Waals surface area contributed by atoms with Crippen molar-refractivity contribution in [2.24, 2.45) is 0 Å². The molecule has 0 fully saturated rings. The molecule has 18 heavy (non-hydrogen) atoms. The maximum atomic E-state index is 10.9. The molecule has 0 aliphatic carbocycles. The smallest absolute Gasteiger partial charge is 0.339 e. The van der Waals surface area contributed by atoms with Crippen molar-refractivity contribution in [1.29, 1.82) is 0 Å². The van der Waals surface area contributed by atoms with Crippen molar-refractivity contribution in [1.82, 2.24) is 0 Å². The number of ether oxygens (including phenoxy) is 2. The van der Waals surface area contributed by atoms with E-state index in [0.717, 1.165) is 5.56 Å². The first-order valence-electron chi connectivity index (χ1n) is 5.23. The Morgan fingerprint density at radius 1 is 1.33 bits per heavy atom. The topological polar surface area (TPSA) is 72.8 Å². The first kappa shape index (κ1) is 13.8. The van der Waals surface area contributed by atoms with E-state index in [1.165, 1.54) is 20.3 Å². The molecule has 0 unspecified atom stereocenters. The van der Waals surface area contributed by atoms with Crippen LogP contribution in [-0.2, 0) is 9.53 Å². The number of rotatable bonds is 5. The summed E-state index contributed by atoms with van der Waals surface area (Å²) in [5, 5.41) is 8.91. The summed E-state index contributed by atoms with van der Waals surface area (Å²) in [5.74, 6) is -1.10. The molecule has 0 saturated carbocycles. The van der Waals surface area contributed by atoms with E-state index in [2.05, 4.69) is 4.74 Å². The highest BCUT2D eigenvalue weighted by atomic mass is 16.5. The Hall–Kier alpha value is -2.30. The molecule has 1 aromatic rings. The van der Waals surface area contributed by atoms with Crippen LogP contribution in [0.4, 0.5) is 0 Å². The number of hydrogen-bond acceptors (Lipinski definition) is 4. The average molecular weight is 250 g/mol. The van der Waals surface area contributed by atoms with Gasteiger partial charge < -0.3 is 14.6 Å². The van der Waals surface area contributed by atoms with Crippen molar-refractivity contribution >= 4 is 18.0 Å². The number of esters is 1. The lowest BCUT2D eigenvalue weighted by molar-refractivity contribution is -0.139. The molecule has 0 aliphatic rings. The van der Waals surface area contributed by atoms with Crippen LogP contribution in [0, 0.1) is 0 Å². The first-order chi connectivity index (χ1) is 8.58. The van der Waals surface area contributed by atoms with Gasteiger partial charge in [-0.2, -0.15) is 0 Å². The molecule has 0 bridgehead atoms. The maximum Gasteiger partial charge on any atom is 0.339 e. The summed E-state index contributed by atoms with van der Waals surface area (Å²) in [6.07, 6.45) is 3.51. The second-order valence-electron chi connectivity index (χ2n) is 3.45. The van der Waals surface area contributed by atoms with Crippen LogP contribution in [0.1, 0.15) is 22.3 Å². The Morgan fingerprint density at radius 2 is 2.06 bits per heavy atom. The Morgan fingerprint density at radius 3 is 2.61 bits per heavy atom. The van der Waals surface area contributed by atoms with Crippen LogP contribution in [0.5, 0.6) is 5.75 Å². The van der Waals surface area contributed by atoms with Crippen LogP contribution >= 0.6 is 0 Å². The third-order valence-corrected chi connectivity index (χ3v) is 2.28. The Labute approximate surface area is 105 Å². The third-order valence-electron chi connectivity index (χ3n) is 2.28. The number of methoxy groups -OCH3 is 2. The van der Waals surface area contributed by atoms with Gasteiger partial charge in [0, 0.05) is 0 Å². The number of carbonyl (C=O) groups is 2. The van der Waals surface area contributed by atoms with Crippen molar-refractivity contribution in [3.05, 3.63) is 35.4 Å². The van der Waals surface area contributed by atoms with E-state index in [4.69, 9.17) is 9.84 Å². The van der Waals surface area contributed by atoms with E-state index in [1.54, 1.807) is 24.3 Å². The van der Waals surface area contributed by atoms with Crippen LogP contribution in [0.3, 0.4) is 0 Å². The highest BCUT2D eigenvalue weighted by Crippen LogP contribution is 2.21. The molecule has 1 N–H and O–H groups in total. The maximum absolute atomic E-state index is 10.9. The minimum absolute atomic E-state index is 0.0996. The molecule has 0 atom stereocenters. The lowest BCUT2D eigenvalue weighted by Gasteiger charge is -2.05. The van der Waals surface area contributed by atoms with Crippen LogP contribution in [0.25, 0.3) is 6.08 Å². The number of aromatic carboxylic acids is 1. The van der Waals surface area contributed by atoms with Gasteiger partial charge in [0.25, 0.3) is 0 Å². The largest absolute Gasteiger partial charge is 0.496 e. The van der Waals surface area contributed by atoms with Crippen molar-refractivity contribution in [2.75, 3.05) is 14.2 Å². The van der Waals surface area contributed by atoms with Gasteiger partial charge in [0.05, 0.1) is 20.6 Å².